The Kier molecular flexibility index (Phi) is 8.30. The summed E-state index contributed by atoms with van der Waals surface area (Å²) in [6.07, 6.45) is 4.33. The molecule has 9 heteroatoms. The number of amides is 1. The summed E-state index contributed by atoms with van der Waals surface area (Å²) in [6, 6.07) is 26.2. The summed E-state index contributed by atoms with van der Waals surface area (Å²) in [4.78, 5) is 18.3. The van der Waals surface area contributed by atoms with E-state index in [0.717, 1.165) is 47.9 Å². The van der Waals surface area contributed by atoms with E-state index in [2.05, 4.69) is 80.6 Å². The molecular formula is C33H37N7O2. The quantitative estimate of drug-likeness (QED) is 0.226. The molecule has 1 saturated heterocycles. The number of hydrogen-bond donors (Lipinski definition) is 3. The second-order valence-corrected chi connectivity index (χ2v) is 10.8. The molecule has 0 radical (unpaired) electrons. The first-order valence-electron chi connectivity index (χ1n) is 14.5. The maximum Gasteiger partial charge on any atom is 0.236 e. The molecule has 2 atom stereocenters. The Morgan fingerprint density at radius 1 is 1.00 bits per heavy atom. The molecule has 0 spiro atoms. The average Bonchev–Trinajstić information content (AvgIpc) is 3.63. The molecular weight excluding hydrogens is 526 g/mol. The van der Waals surface area contributed by atoms with Gasteiger partial charge in [0.05, 0.1) is 19.7 Å². The Morgan fingerprint density at radius 3 is 2.57 bits per heavy atom. The zero-order valence-corrected chi connectivity index (χ0v) is 23.9. The van der Waals surface area contributed by atoms with Crippen LogP contribution in [-0.4, -0.2) is 63.3 Å². The van der Waals surface area contributed by atoms with Gasteiger partial charge in [0, 0.05) is 43.2 Å². The lowest BCUT2D eigenvalue weighted by atomic mass is 9.99. The van der Waals surface area contributed by atoms with Crippen molar-refractivity contribution in [2.45, 2.75) is 37.9 Å². The summed E-state index contributed by atoms with van der Waals surface area (Å²) < 4.78 is 7.63. The fraction of sp³-hybridized carbons (Fsp3) is 0.303. The molecule has 1 aliphatic heterocycles. The molecule has 0 aliphatic carbocycles. The third-order valence-corrected chi connectivity index (χ3v) is 8.24. The number of H-pyrrole nitrogens is 1. The molecule has 4 N–H and O–H groups in total. The maximum absolute atomic E-state index is 12.7. The SMILES string of the molecule is COc1ccc(Cn2c(CCc3ccccc3)nnc2C(Cc2c[nH]c3ccccc23)N2CCNC[C@@H]2C(N)=O)cc1. The lowest BCUT2D eigenvalue weighted by molar-refractivity contribution is -0.125. The maximum atomic E-state index is 12.7. The highest BCUT2D eigenvalue weighted by Crippen LogP contribution is 2.31. The second-order valence-electron chi connectivity index (χ2n) is 10.8. The summed E-state index contributed by atoms with van der Waals surface area (Å²) in [5.74, 6) is 2.23. The number of ether oxygens (including phenoxy) is 1. The largest absolute Gasteiger partial charge is 0.497 e. The molecule has 9 nitrogen and oxygen atoms in total. The number of carbonyl (C=O) groups excluding carboxylic acids is 1. The standard InChI is InChI=1S/C33H37N7O2/c1-42-26-14-11-24(12-15-26)22-40-31(16-13-23-7-3-2-4-8-23)37-38-33(40)29(39-18-17-35-21-30(39)32(34)41)19-25-20-36-28-10-6-5-9-27(25)28/h2-12,14-15,20,29-30,35-36H,13,16-19,21-22H2,1H3,(H2,34,41)/t29?,30-/m1/s1. The second kappa shape index (κ2) is 12.6. The summed E-state index contributed by atoms with van der Waals surface area (Å²) in [5.41, 5.74) is 10.6. The number of methoxy groups -OCH3 is 1. The van der Waals surface area contributed by atoms with Gasteiger partial charge in [-0.25, -0.2) is 0 Å². The van der Waals surface area contributed by atoms with Gasteiger partial charge in [-0.1, -0.05) is 60.7 Å². The van der Waals surface area contributed by atoms with E-state index in [1.54, 1.807) is 7.11 Å². The Labute approximate surface area is 245 Å². The fourth-order valence-corrected chi connectivity index (χ4v) is 5.99. The van der Waals surface area contributed by atoms with Crippen LogP contribution in [0, 0.1) is 0 Å². The van der Waals surface area contributed by atoms with Crippen molar-refractivity contribution in [3.8, 4) is 5.75 Å². The minimum absolute atomic E-state index is 0.208. The molecule has 3 aromatic carbocycles. The van der Waals surface area contributed by atoms with Crippen molar-refractivity contribution in [2.24, 2.45) is 5.73 Å². The Morgan fingerprint density at radius 2 is 1.79 bits per heavy atom. The first kappa shape index (κ1) is 27.7. The number of aryl methyl sites for hydroxylation is 2. The van der Waals surface area contributed by atoms with Crippen LogP contribution in [0.2, 0.25) is 0 Å². The highest BCUT2D eigenvalue weighted by Gasteiger charge is 2.36. The molecule has 1 unspecified atom stereocenters. The Bertz CT molecular complexity index is 1630. The van der Waals surface area contributed by atoms with E-state index in [1.165, 1.54) is 16.5 Å². The summed E-state index contributed by atoms with van der Waals surface area (Å²) in [5, 5.41) is 14.1. The molecule has 6 rings (SSSR count). The van der Waals surface area contributed by atoms with Gasteiger partial charge in [-0.2, -0.15) is 0 Å². The Hall–Kier alpha value is -4.47. The normalized spacial score (nSPS) is 16.5. The topological polar surface area (TPSA) is 114 Å². The molecule has 5 aromatic rings. The van der Waals surface area contributed by atoms with Crippen molar-refractivity contribution in [3.05, 3.63) is 113 Å². The van der Waals surface area contributed by atoms with Gasteiger partial charge >= 0.3 is 0 Å². The van der Waals surface area contributed by atoms with Gasteiger partial charge in [0.2, 0.25) is 5.91 Å². The van der Waals surface area contributed by atoms with Crippen molar-refractivity contribution < 1.29 is 9.53 Å². The van der Waals surface area contributed by atoms with Crippen molar-refractivity contribution in [3.63, 3.8) is 0 Å². The molecule has 3 heterocycles. The van der Waals surface area contributed by atoms with Gasteiger partial charge in [0.15, 0.2) is 5.82 Å². The highest BCUT2D eigenvalue weighted by molar-refractivity contribution is 5.83. The molecule has 0 bridgehead atoms. The predicted octanol–water partition coefficient (Wildman–Crippen LogP) is 3.64. The fourth-order valence-electron chi connectivity index (χ4n) is 5.99. The van der Waals surface area contributed by atoms with E-state index in [4.69, 9.17) is 20.7 Å². The van der Waals surface area contributed by atoms with Crippen LogP contribution < -0.4 is 15.8 Å². The van der Waals surface area contributed by atoms with Crippen LogP contribution in [0.15, 0.2) is 85.1 Å². The number of nitrogens with one attached hydrogen (secondary N) is 2. The van der Waals surface area contributed by atoms with E-state index in [1.807, 2.05) is 24.3 Å². The van der Waals surface area contributed by atoms with E-state index >= 15 is 0 Å². The number of piperazine rings is 1. The number of nitrogens with zero attached hydrogens (tertiary/aromatic N) is 4. The number of fused-ring (bicyclic) bond motifs is 1. The van der Waals surface area contributed by atoms with E-state index in [9.17, 15) is 4.79 Å². The molecule has 2 aromatic heterocycles. The highest BCUT2D eigenvalue weighted by atomic mass is 16.5. The number of primary amides is 1. The van der Waals surface area contributed by atoms with Crippen LogP contribution in [-0.2, 0) is 30.6 Å². The van der Waals surface area contributed by atoms with Gasteiger partial charge in [-0.15, -0.1) is 10.2 Å². The zero-order valence-electron chi connectivity index (χ0n) is 23.9. The number of aromatic amines is 1. The smallest absolute Gasteiger partial charge is 0.236 e. The number of carbonyl (C=O) groups is 1. The lowest BCUT2D eigenvalue weighted by Crippen LogP contribution is -2.58. The number of hydrogen-bond acceptors (Lipinski definition) is 6. The first-order valence-corrected chi connectivity index (χ1v) is 14.5. The van der Waals surface area contributed by atoms with Crippen LogP contribution in [0.3, 0.4) is 0 Å². The summed E-state index contributed by atoms with van der Waals surface area (Å²) in [6.45, 7) is 2.55. The minimum Gasteiger partial charge on any atom is -0.497 e. The average molecular weight is 564 g/mol. The van der Waals surface area contributed by atoms with Crippen LogP contribution in [0.25, 0.3) is 10.9 Å². The van der Waals surface area contributed by atoms with E-state index in [0.29, 0.717) is 26.1 Å². The number of para-hydroxylation sites is 1. The van der Waals surface area contributed by atoms with Crippen molar-refractivity contribution in [2.75, 3.05) is 26.7 Å². The predicted molar refractivity (Wildman–Crippen MR) is 163 cm³/mol. The summed E-state index contributed by atoms with van der Waals surface area (Å²) in [7, 11) is 1.67. The van der Waals surface area contributed by atoms with Gasteiger partial charge in [-0.3, -0.25) is 9.69 Å². The van der Waals surface area contributed by atoms with Crippen LogP contribution >= 0.6 is 0 Å². The van der Waals surface area contributed by atoms with Crippen molar-refractivity contribution >= 4 is 16.8 Å². The Balaban J connectivity index is 1.42. The molecule has 1 aliphatic rings. The summed E-state index contributed by atoms with van der Waals surface area (Å²) >= 11 is 0. The molecule has 1 fully saturated rings. The molecule has 0 saturated carbocycles. The number of benzene rings is 3. The van der Waals surface area contributed by atoms with Gasteiger partial charge in [-0.05, 0) is 47.7 Å². The van der Waals surface area contributed by atoms with E-state index < -0.39 is 6.04 Å². The van der Waals surface area contributed by atoms with Crippen molar-refractivity contribution in [1.29, 1.82) is 0 Å². The third-order valence-electron chi connectivity index (χ3n) is 8.24. The lowest BCUT2D eigenvalue weighted by Gasteiger charge is -2.39. The first-order chi connectivity index (χ1) is 20.6. The van der Waals surface area contributed by atoms with Crippen LogP contribution in [0.5, 0.6) is 5.75 Å². The van der Waals surface area contributed by atoms with Crippen LogP contribution in [0.4, 0.5) is 0 Å². The van der Waals surface area contributed by atoms with Crippen LogP contribution in [0.1, 0.15) is 34.4 Å². The van der Waals surface area contributed by atoms with Gasteiger partial charge in [0.25, 0.3) is 0 Å². The van der Waals surface area contributed by atoms with Gasteiger partial charge < -0.3 is 25.3 Å². The zero-order chi connectivity index (χ0) is 28.9. The monoisotopic (exact) mass is 563 g/mol. The molecule has 42 heavy (non-hydrogen) atoms. The number of aromatic nitrogens is 4. The van der Waals surface area contributed by atoms with E-state index in [-0.39, 0.29) is 11.9 Å². The number of nitrogens with two attached hydrogens (primary N) is 1. The molecule has 1 amide bonds. The molecule has 216 valence electrons. The third kappa shape index (κ3) is 5.93. The van der Waals surface area contributed by atoms with Crippen molar-refractivity contribution in [1.82, 2.24) is 30.0 Å². The number of rotatable bonds is 11. The minimum atomic E-state index is -0.451. The van der Waals surface area contributed by atoms with Gasteiger partial charge in [0.1, 0.15) is 17.6 Å².